The molecule has 0 amide bonds. The lowest BCUT2D eigenvalue weighted by atomic mass is 9.87. The molecule has 2 unspecified atom stereocenters. The first-order valence-corrected chi connectivity index (χ1v) is 6.86. The number of phenolic OH excluding ortho intramolecular Hbond substituents is 1. The highest BCUT2D eigenvalue weighted by Gasteiger charge is 2.35. The van der Waals surface area contributed by atoms with Gasteiger partial charge in [-0.15, -0.1) is 0 Å². The third kappa shape index (κ3) is 3.29. The van der Waals surface area contributed by atoms with Crippen molar-refractivity contribution in [2.75, 3.05) is 0 Å². The van der Waals surface area contributed by atoms with Crippen molar-refractivity contribution in [1.29, 1.82) is 0 Å². The zero-order valence-electron chi connectivity index (χ0n) is 11.5. The van der Waals surface area contributed by atoms with Crippen molar-refractivity contribution in [3.63, 3.8) is 0 Å². The van der Waals surface area contributed by atoms with E-state index in [-0.39, 0.29) is 18.1 Å². The van der Waals surface area contributed by atoms with Gasteiger partial charge < -0.3 is 15.1 Å². The Balaban J connectivity index is 2.17. The average molecular weight is 277 g/mol. The standard InChI is InChI=1S/C15H19NO4/c1-2-3-4-12-13(9-14(18)19)20-16-15(12)10-5-7-11(17)8-6-10/h5-8,12-13,17H,2-4,9H2,1H3,(H,18,19). The second-order valence-corrected chi connectivity index (χ2v) is 5.01. The summed E-state index contributed by atoms with van der Waals surface area (Å²) in [5.41, 5.74) is 1.65. The maximum Gasteiger partial charge on any atom is 0.307 e. The normalized spacial score (nSPS) is 21.4. The van der Waals surface area contributed by atoms with Crippen LogP contribution in [0.4, 0.5) is 0 Å². The minimum absolute atomic E-state index is 0.00408. The molecule has 0 fully saturated rings. The Bertz CT molecular complexity index is 495. The molecule has 5 nitrogen and oxygen atoms in total. The third-order valence-electron chi connectivity index (χ3n) is 3.49. The van der Waals surface area contributed by atoms with Gasteiger partial charge in [0.15, 0.2) is 0 Å². The minimum Gasteiger partial charge on any atom is -0.508 e. The van der Waals surface area contributed by atoms with Gasteiger partial charge in [-0.3, -0.25) is 4.79 Å². The van der Waals surface area contributed by atoms with Gasteiger partial charge in [-0.1, -0.05) is 24.9 Å². The van der Waals surface area contributed by atoms with Crippen molar-refractivity contribution < 1.29 is 19.8 Å². The lowest BCUT2D eigenvalue weighted by molar-refractivity contribution is -0.140. The average Bonchev–Trinajstić information content (AvgIpc) is 2.79. The summed E-state index contributed by atoms with van der Waals surface area (Å²) < 4.78 is 0. The lowest BCUT2D eigenvalue weighted by Crippen LogP contribution is -2.26. The van der Waals surface area contributed by atoms with E-state index in [0.717, 1.165) is 30.5 Å². The molecule has 2 rings (SSSR count). The molecule has 0 saturated heterocycles. The quantitative estimate of drug-likeness (QED) is 0.838. The second kappa shape index (κ2) is 6.41. The highest BCUT2D eigenvalue weighted by molar-refractivity contribution is 6.03. The number of carboxylic acid groups (broad SMARTS) is 1. The summed E-state index contributed by atoms with van der Waals surface area (Å²) in [6.45, 7) is 2.10. The fraction of sp³-hybridized carbons (Fsp3) is 0.467. The smallest absolute Gasteiger partial charge is 0.307 e. The topological polar surface area (TPSA) is 79.1 Å². The van der Waals surface area contributed by atoms with E-state index < -0.39 is 12.1 Å². The van der Waals surface area contributed by atoms with E-state index in [1.165, 1.54) is 0 Å². The fourth-order valence-electron chi connectivity index (χ4n) is 2.44. The van der Waals surface area contributed by atoms with Gasteiger partial charge >= 0.3 is 5.97 Å². The van der Waals surface area contributed by atoms with E-state index in [0.29, 0.717) is 0 Å². The van der Waals surface area contributed by atoms with Crippen molar-refractivity contribution >= 4 is 11.7 Å². The predicted molar refractivity (Wildman–Crippen MR) is 74.8 cm³/mol. The van der Waals surface area contributed by atoms with Gasteiger partial charge in [0.25, 0.3) is 0 Å². The van der Waals surface area contributed by atoms with Gasteiger partial charge in [0.05, 0.1) is 12.1 Å². The SMILES string of the molecule is CCCCC1C(c2ccc(O)cc2)=NOC1CC(=O)O. The molecule has 1 heterocycles. The largest absolute Gasteiger partial charge is 0.508 e. The maximum absolute atomic E-state index is 10.9. The van der Waals surface area contributed by atoms with Crippen LogP contribution in [0.2, 0.25) is 0 Å². The van der Waals surface area contributed by atoms with Crippen LogP contribution in [0.25, 0.3) is 0 Å². The monoisotopic (exact) mass is 277 g/mol. The molecular weight excluding hydrogens is 258 g/mol. The first kappa shape index (κ1) is 14.4. The number of phenols is 1. The summed E-state index contributed by atoms with van der Waals surface area (Å²) >= 11 is 0. The highest BCUT2D eigenvalue weighted by atomic mass is 16.6. The molecule has 1 aromatic rings. The first-order chi connectivity index (χ1) is 9.61. The van der Waals surface area contributed by atoms with E-state index in [2.05, 4.69) is 12.1 Å². The molecule has 0 bridgehead atoms. The van der Waals surface area contributed by atoms with Gasteiger partial charge in [0.1, 0.15) is 11.9 Å². The Morgan fingerprint density at radius 3 is 2.65 bits per heavy atom. The zero-order chi connectivity index (χ0) is 14.5. The number of carboxylic acids is 1. The Morgan fingerprint density at radius 1 is 1.35 bits per heavy atom. The summed E-state index contributed by atoms with van der Waals surface area (Å²) in [5, 5.41) is 22.4. The highest BCUT2D eigenvalue weighted by Crippen LogP contribution is 2.30. The van der Waals surface area contributed by atoms with Crippen molar-refractivity contribution in [3.05, 3.63) is 29.8 Å². The van der Waals surface area contributed by atoms with Gasteiger partial charge in [0, 0.05) is 5.92 Å². The molecule has 1 aromatic carbocycles. The maximum atomic E-state index is 10.9. The number of rotatable bonds is 6. The number of carbonyl (C=O) groups is 1. The van der Waals surface area contributed by atoms with Gasteiger partial charge in [0.2, 0.25) is 0 Å². The molecule has 2 atom stereocenters. The summed E-state index contributed by atoms with van der Waals surface area (Å²) in [4.78, 5) is 16.2. The summed E-state index contributed by atoms with van der Waals surface area (Å²) in [6, 6.07) is 6.75. The fourth-order valence-corrected chi connectivity index (χ4v) is 2.44. The van der Waals surface area contributed by atoms with E-state index >= 15 is 0 Å². The van der Waals surface area contributed by atoms with Crippen LogP contribution in [-0.4, -0.2) is 28.0 Å². The van der Waals surface area contributed by atoms with Crippen LogP contribution in [0, 0.1) is 5.92 Å². The number of oxime groups is 1. The molecule has 0 aromatic heterocycles. The molecule has 0 aliphatic carbocycles. The number of hydrogen-bond acceptors (Lipinski definition) is 4. The molecule has 0 radical (unpaired) electrons. The Kier molecular flexibility index (Phi) is 4.61. The van der Waals surface area contributed by atoms with Gasteiger partial charge in [-0.05, 0) is 36.2 Å². The predicted octanol–water partition coefficient (Wildman–Crippen LogP) is 2.78. The number of unbranched alkanes of at least 4 members (excludes halogenated alkanes) is 1. The van der Waals surface area contributed by atoms with E-state index in [4.69, 9.17) is 9.94 Å². The summed E-state index contributed by atoms with van der Waals surface area (Å²) in [7, 11) is 0. The van der Waals surface area contributed by atoms with Crippen LogP contribution in [0.1, 0.15) is 38.2 Å². The van der Waals surface area contributed by atoms with Gasteiger partial charge in [-0.2, -0.15) is 0 Å². The number of nitrogens with zero attached hydrogens (tertiary/aromatic N) is 1. The molecule has 1 aliphatic heterocycles. The second-order valence-electron chi connectivity index (χ2n) is 5.01. The van der Waals surface area contributed by atoms with Crippen LogP contribution in [0.3, 0.4) is 0 Å². The minimum atomic E-state index is -0.876. The van der Waals surface area contributed by atoms with Crippen LogP contribution in [0.5, 0.6) is 5.75 Å². The van der Waals surface area contributed by atoms with Gasteiger partial charge in [-0.25, -0.2) is 0 Å². The van der Waals surface area contributed by atoms with Crippen molar-refractivity contribution in [3.8, 4) is 5.75 Å². The molecule has 2 N–H and O–H groups in total. The van der Waals surface area contributed by atoms with Crippen LogP contribution >= 0.6 is 0 Å². The molecule has 108 valence electrons. The number of aliphatic carboxylic acids is 1. The molecular formula is C15H19NO4. The number of aromatic hydroxyl groups is 1. The van der Waals surface area contributed by atoms with E-state index in [9.17, 15) is 9.90 Å². The lowest BCUT2D eigenvalue weighted by Gasteiger charge is -2.17. The molecule has 1 aliphatic rings. The third-order valence-corrected chi connectivity index (χ3v) is 3.49. The van der Waals surface area contributed by atoms with E-state index in [1.807, 2.05) is 0 Å². The van der Waals surface area contributed by atoms with Crippen LogP contribution < -0.4 is 0 Å². The van der Waals surface area contributed by atoms with Crippen molar-refractivity contribution in [2.45, 2.75) is 38.7 Å². The summed E-state index contributed by atoms with van der Waals surface area (Å²) in [6.07, 6.45) is 2.46. The Hall–Kier alpha value is -2.04. The molecule has 0 spiro atoms. The Labute approximate surface area is 117 Å². The molecule has 20 heavy (non-hydrogen) atoms. The first-order valence-electron chi connectivity index (χ1n) is 6.86. The van der Waals surface area contributed by atoms with E-state index in [1.54, 1.807) is 24.3 Å². The van der Waals surface area contributed by atoms with Crippen molar-refractivity contribution in [2.24, 2.45) is 11.1 Å². The van der Waals surface area contributed by atoms with Crippen LogP contribution in [0.15, 0.2) is 29.4 Å². The molecule has 0 saturated carbocycles. The van der Waals surface area contributed by atoms with Crippen molar-refractivity contribution in [1.82, 2.24) is 0 Å². The summed E-state index contributed by atoms with van der Waals surface area (Å²) in [5.74, 6) is -0.685. The molecule has 5 heteroatoms. The Morgan fingerprint density at radius 2 is 2.05 bits per heavy atom. The number of hydrogen-bond donors (Lipinski definition) is 2. The number of benzene rings is 1. The van der Waals surface area contributed by atoms with Crippen LogP contribution in [-0.2, 0) is 9.63 Å². The zero-order valence-corrected chi connectivity index (χ0v) is 11.5.